The third kappa shape index (κ3) is 3.59. The minimum atomic E-state index is 0.215. The van der Waals surface area contributed by atoms with Crippen molar-refractivity contribution in [1.29, 1.82) is 0 Å². The molecule has 104 valence electrons. The molecule has 1 aromatic carbocycles. The van der Waals surface area contributed by atoms with Gasteiger partial charge < -0.3 is 5.32 Å². The summed E-state index contributed by atoms with van der Waals surface area (Å²) in [4.78, 5) is 11.6. The van der Waals surface area contributed by atoms with Crippen LogP contribution in [0.4, 0.5) is 5.69 Å². The summed E-state index contributed by atoms with van der Waals surface area (Å²) in [6.45, 7) is 6.60. The topological polar surface area (TPSA) is 29.1 Å². The van der Waals surface area contributed by atoms with Crippen LogP contribution in [0.2, 0.25) is 0 Å². The summed E-state index contributed by atoms with van der Waals surface area (Å²) in [6, 6.07) is 8.52. The van der Waals surface area contributed by atoms with Crippen molar-refractivity contribution in [2.24, 2.45) is 11.8 Å². The van der Waals surface area contributed by atoms with Crippen molar-refractivity contribution in [3.8, 4) is 0 Å². The first-order chi connectivity index (χ1) is 9.10. The molecule has 0 heterocycles. The summed E-state index contributed by atoms with van der Waals surface area (Å²) < 4.78 is 0. The van der Waals surface area contributed by atoms with Crippen LogP contribution in [0, 0.1) is 11.8 Å². The van der Waals surface area contributed by atoms with Crippen LogP contribution in [-0.4, -0.2) is 11.8 Å². The van der Waals surface area contributed by atoms with Crippen molar-refractivity contribution >= 4 is 11.5 Å². The quantitative estimate of drug-likeness (QED) is 0.806. The van der Waals surface area contributed by atoms with E-state index in [-0.39, 0.29) is 5.78 Å². The summed E-state index contributed by atoms with van der Waals surface area (Å²) in [5, 5.41) is 3.60. The van der Waals surface area contributed by atoms with Crippen LogP contribution in [0.3, 0.4) is 0 Å². The van der Waals surface area contributed by atoms with E-state index in [2.05, 4.69) is 19.2 Å². The van der Waals surface area contributed by atoms with Gasteiger partial charge >= 0.3 is 0 Å². The van der Waals surface area contributed by atoms with Gasteiger partial charge in [0.25, 0.3) is 0 Å². The number of carbonyl (C=O) groups is 1. The maximum absolute atomic E-state index is 11.6. The van der Waals surface area contributed by atoms with Gasteiger partial charge in [-0.3, -0.25) is 4.79 Å². The highest BCUT2D eigenvalue weighted by molar-refractivity contribution is 5.96. The first kappa shape index (κ1) is 14.1. The summed E-state index contributed by atoms with van der Waals surface area (Å²) >= 11 is 0. The van der Waals surface area contributed by atoms with Crippen LogP contribution in [-0.2, 0) is 0 Å². The van der Waals surface area contributed by atoms with E-state index in [0.717, 1.165) is 23.1 Å². The molecule has 0 bridgehead atoms. The van der Waals surface area contributed by atoms with E-state index in [9.17, 15) is 4.79 Å². The Morgan fingerprint density at radius 1 is 1.16 bits per heavy atom. The summed E-state index contributed by atoms with van der Waals surface area (Å²) in [5.41, 5.74) is 1.96. The predicted octanol–water partition coefficient (Wildman–Crippen LogP) is 4.52. The zero-order valence-corrected chi connectivity index (χ0v) is 12.3. The van der Waals surface area contributed by atoms with Gasteiger partial charge in [0.05, 0.1) is 0 Å². The number of benzene rings is 1. The summed E-state index contributed by atoms with van der Waals surface area (Å²) in [7, 11) is 0. The zero-order chi connectivity index (χ0) is 13.8. The molecule has 1 aliphatic rings. The molecule has 1 N–H and O–H groups in total. The van der Waals surface area contributed by atoms with E-state index in [0.29, 0.717) is 12.5 Å². The normalized spacial score (nSPS) is 27.0. The van der Waals surface area contributed by atoms with E-state index in [1.807, 2.05) is 31.2 Å². The Bertz CT molecular complexity index is 423. The molecule has 0 amide bonds. The molecule has 2 heteroatoms. The molecule has 1 saturated carbocycles. The number of Topliss-reactive ketones (excluding diaryl/α,β-unsaturated/α-hetero) is 1. The SMILES string of the molecule is CCC(=O)c1ccc(NC2CCC(C)C(C)C2)cc1. The number of hydrogen-bond donors (Lipinski definition) is 1. The molecule has 19 heavy (non-hydrogen) atoms. The fraction of sp³-hybridized carbons (Fsp3) is 0.588. The van der Waals surface area contributed by atoms with Gasteiger partial charge in [-0.2, -0.15) is 0 Å². The molecule has 1 fully saturated rings. The molecule has 0 radical (unpaired) electrons. The molecular formula is C17H25NO. The lowest BCUT2D eigenvalue weighted by atomic mass is 9.79. The second kappa shape index (κ2) is 6.23. The monoisotopic (exact) mass is 259 g/mol. The van der Waals surface area contributed by atoms with Gasteiger partial charge in [0.1, 0.15) is 0 Å². The van der Waals surface area contributed by atoms with Gasteiger partial charge in [0.15, 0.2) is 5.78 Å². The van der Waals surface area contributed by atoms with Gasteiger partial charge in [-0.1, -0.05) is 20.8 Å². The highest BCUT2D eigenvalue weighted by Crippen LogP contribution is 2.31. The van der Waals surface area contributed by atoms with Gasteiger partial charge in [-0.15, -0.1) is 0 Å². The fourth-order valence-corrected chi connectivity index (χ4v) is 2.87. The molecule has 0 aliphatic heterocycles. The van der Waals surface area contributed by atoms with Gasteiger partial charge in [-0.05, 0) is 55.4 Å². The van der Waals surface area contributed by atoms with Crippen molar-refractivity contribution in [3.63, 3.8) is 0 Å². The Kier molecular flexibility index (Phi) is 4.62. The molecule has 1 aliphatic carbocycles. The van der Waals surface area contributed by atoms with E-state index in [1.165, 1.54) is 19.3 Å². The second-order valence-electron chi connectivity index (χ2n) is 5.96. The lowest BCUT2D eigenvalue weighted by Gasteiger charge is -2.33. The summed E-state index contributed by atoms with van der Waals surface area (Å²) in [5.74, 6) is 1.86. The van der Waals surface area contributed by atoms with Crippen LogP contribution < -0.4 is 5.32 Å². The van der Waals surface area contributed by atoms with E-state index >= 15 is 0 Å². The molecule has 3 unspecified atom stereocenters. The fourth-order valence-electron chi connectivity index (χ4n) is 2.87. The van der Waals surface area contributed by atoms with Crippen molar-refractivity contribution in [1.82, 2.24) is 0 Å². The Morgan fingerprint density at radius 3 is 2.42 bits per heavy atom. The maximum atomic E-state index is 11.6. The minimum Gasteiger partial charge on any atom is -0.382 e. The number of ketones is 1. The van der Waals surface area contributed by atoms with Crippen molar-refractivity contribution in [2.45, 2.75) is 52.5 Å². The lowest BCUT2D eigenvalue weighted by Crippen LogP contribution is -2.30. The first-order valence-electron chi connectivity index (χ1n) is 7.50. The zero-order valence-electron chi connectivity index (χ0n) is 12.3. The molecular weight excluding hydrogens is 234 g/mol. The van der Waals surface area contributed by atoms with Crippen LogP contribution in [0.15, 0.2) is 24.3 Å². The molecule has 0 spiro atoms. The third-order valence-corrected chi connectivity index (χ3v) is 4.50. The van der Waals surface area contributed by atoms with Crippen molar-refractivity contribution in [2.75, 3.05) is 5.32 Å². The van der Waals surface area contributed by atoms with Crippen LogP contribution in [0.25, 0.3) is 0 Å². The van der Waals surface area contributed by atoms with E-state index in [1.54, 1.807) is 0 Å². The third-order valence-electron chi connectivity index (χ3n) is 4.50. The Balaban J connectivity index is 1.94. The molecule has 2 nitrogen and oxygen atoms in total. The first-order valence-corrected chi connectivity index (χ1v) is 7.50. The van der Waals surface area contributed by atoms with E-state index in [4.69, 9.17) is 0 Å². The van der Waals surface area contributed by atoms with Crippen molar-refractivity contribution in [3.05, 3.63) is 29.8 Å². The molecule has 2 rings (SSSR count). The Hall–Kier alpha value is -1.31. The molecule has 0 saturated heterocycles. The second-order valence-corrected chi connectivity index (χ2v) is 5.96. The van der Waals surface area contributed by atoms with Crippen LogP contribution in [0.5, 0.6) is 0 Å². The number of hydrogen-bond acceptors (Lipinski definition) is 2. The van der Waals surface area contributed by atoms with E-state index < -0.39 is 0 Å². The highest BCUT2D eigenvalue weighted by atomic mass is 16.1. The number of carbonyl (C=O) groups excluding carboxylic acids is 1. The van der Waals surface area contributed by atoms with Crippen molar-refractivity contribution < 1.29 is 4.79 Å². The Labute approximate surface area is 116 Å². The lowest BCUT2D eigenvalue weighted by molar-refractivity contribution is 0.0988. The number of nitrogens with one attached hydrogen (secondary N) is 1. The van der Waals surface area contributed by atoms with Crippen LogP contribution >= 0.6 is 0 Å². The highest BCUT2D eigenvalue weighted by Gasteiger charge is 2.24. The number of anilines is 1. The minimum absolute atomic E-state index is 0.215. The predicted molar refractivity (Wildman–Crippen MR) is 80.7 cm³/mol. The van der Waals surface area contributed by atoms with Gasteiger partial charge in [0.2, 0.25) is 0 Å². The molecule has 3 atom stereocenters. The largest absolute Gasteiger partial charge is 0.382 e. The smallest absolute Gasteiger partial charge is 0.162 e. The molecule has 1 aromatic rings. The molecule has 0 aromatic heterocycles. The standard InChI is InChI=1S/C17H25NO/c1-4-17(19)14-6-9-15(10-7-14)18-16-8-5-12(2)13(3)11-16/h6-7,9-10,12-13,16,18H,4-5,8,11H2,1-3H3. The summed E-state index contributed by atoms with van der Waals surface area (Å²) in [6.07, 6.45) is 4.38. The Morgan fingerprint density at radius 2 is 1.84 bits per heavy atom. The van der Waals surface area contributed by atoms with Gasteiger partial charge in [-0.25, -0.2) is 0 Å². The average Bonchev–Trinajstić information content (AvgIpc) is 2.43. The van der Waals surface area contributed by atoms with Gasteiger partial charge in [0, 0.05) is 23.7 Å². The number of rotatable bonds is 4. The average molecular weight is 259 g/mol. The van der Waals surface area contributed by atoms with Crippen LogP contribution in [0.1, 0.15) is 56.8 Å². The maximum Gasteiger partial charge on any atom is 0.162 e.